The fourth-order valence-electron chi connectivity index (χ4n) is 3.11. The molecule has 1 saturated heterocycles. The minimum atomic E-state index is -0.506. The maximum Gasteiger partial charge on any atom is 0.267 e. The summed E-state index contributed by atoms with van der Waals surface area (Å²) in [7, 11) is 3.46. The second kappa shape index (κ2) is 9.91. The standard InChI is InChI=1S/C21H22ClN7O2/c1-28(2)12-15(9-23)19(30)26-17-5-3-14(4-6-17)20(31)29-8-7-18(13-29)27-21-24-10-16(22)11-25-21/h3-6,10-12,18H,7-8,13H2,1-2H3,(H,26,30)(H,24,25,27)/t18-/m1/s1. The number of hydrogen-bond donors (Lipinski definition) is 2. The Bertz CT molecular complexity index is 1010. The monoisotopic (exact) mass is 439 g/mol. The Hall–Kier alpha value is -3.64. The molecular weight excluding hydrogens is 418 g/mol. The molecule has 1 fully saturated rings. The van der Waals surface area contributed by atoms with Crippen LogP contribution in [-0.2, 0) is 4.79 Å². The zero-order valence-electron chi connectivity index (χ0n) is 17.2. The van der Waals surface area contributed by atoms with Crippen LogP contribution in [0.25, 0.3) is 0 Å². The molecule has 2 N–H and O–H groups in total. The molecule has 0 spiro atoms. The van der Waals surface area contributed by atoms with E-state index >= 15 is 0 Å². The summed E-state index contributed by atoms with van der Waals surface area (Å²) in [4.78, 5) is 36.6. The number of carbonyl (C=O) groups is 2. The van der Waals surface area contributed by atoms with Crippen molar-refractivity contribution in [2.45, 2.75) is 12.5 Å². The van der Waals surface area contributed by atoms with Gasteiger partial charge >= 0.3 is 0 Å². The summed E-state index contributed by atoms with van der Waals surface area (Å²) in [6.07, 6.45) is 5.26. The van der Waals surface area contributed by atoms with E-state index in [1.165, 1.54) is 18.6 Å². The van der Waals surface area contributed by atoms with E-state index < -0.39 is 5.91 Å². The largest absolute Gasteiger partial charge is 0.382 e. The summed E-state index contributed by atoms with van der Waals surface area (Å²) < 4.78 is 0. The van der Waals surface area contributed by atoms with Crippen LogP contribution in [0.1, 0.15) is 16.8 Å². The van der Waals surface area contributed by atoms with Gasteiger partial charge in [0.25, 0.3) is 11.8 Å². The molecule has 2 heterocycles. The average Bonchev–Trinajstić information content (AvgIpc) is 3.22. The van der Waals surface area contributed by atoms with Crippen LogP contribution in [0.2, 0.25) is 5.02 Å². The van der Waals surface area contributed by atoms with E-state index in [0.717, 1.165) is 6.42 Å². The van der Waals surface area contributed by atoms with Gasteiger partial charge in [-0.05, 0) is 30.7 Å². The summed E-state index contributed by atoms with van der Waals surface area (Å²) in [5, 5.41) is 15.4. The molecule has 0 bridgehead atoms. The molecule has 1 aromatic heterocycles. The number of nitrogens with one attached hydrogen (secondary N) is 2. The molecule has 160 valence electrons. The number of amides is 2. The predicted molar refractivity (Wildman–Crippen MR) is 117 cm³/mol. The number of rotatable bonds is 6. The SMILES string of the molecule is CN(C)C=C(C#N)C(=O)Nc1ccc(C(=O)N2CC[C@@H](Nc3ncc(Cl)cn3)C2)cc1. The van der Waals surface area contributed by atoms with Gasteiger partial charge in [-0.3, -0.25) is 9.59 Å². The third-order valence-corrected chi connectivity index (χ3v) is 4.77. The third kappa shape index (κ3) is 5.93. The Balaban J connectivity index is 1.57. The third-order valence-electron chi connectivity index (χ3n) is 4.57. The Morgan fingerprint density at radius 1 is 1.26 bits per heavy atom. The van der Waals surface area contributed by atoms with Crippen LogP contribution in [0.4, 0.5) is 11.6 Å². The highest BCUT2D eigenvalue weighted by Gasteiger charge is 2.27. The molecule has 1 atom stereocenters. The van der Waals surface area contributed by atoms with Crippen molar-refractivity contribution in [3.8, 4) is 6.07 Å². The molecule has 0 radical (unpaired) electrons. The van der Waals surface area contributed by atoms with E-state index in [1.54, 1.807) is 48.2 Å². The highest BCUT2D eigenvalue weighted by molar-refractivity contribution is 6.30. The van der Waals surface area contributed by atoms with Gasteiger partial charge in [0.1, 0.15) is 11.6 Å². The molecule has 2 aromatic rings. The first-order chi connectivity index (χ1) is 14.9. The molecule has 3 rings (SSSR count). The van der Waals surface area contributed by atoms with Gasteiger partial charge in [0.05, 0.1) is 17.4 Å². The fraction of sp³-hybridized carbons (Fsp3) is 0.286. The topological polar surface area (TPSA) is 114 Å². The molecule has 31 heavy (non-hydrogen) atoms. The number of carbonyl (C=O) groups excluding carboxylic acids is 2. The van der Waals surface area contributed by atoms with Crippen molar-refractivity contribution in [1.82, 2.24) is 19.8 Å². The predicted octanol–water partition coefficient (Wildman–Crippen LogP) is 2.36. The smallest absolute Gasteiger partial charge is 0.267 e. The Morgan fingerprint density at radius 2 is 1.94 bits per heavy atom. The number of nitrogens with zero attached hydrogens (tertiary/aromatic N) is 5. The molecule has 2 amide bonds. The minimum Gasteiger partial charge on any atom is -0.382 e. The molecule has 1 aromatic carbocycles. The molecule has 0 aliphatic carbocycles. The van der Waals surface area contributed by atoms with Crippen molar-refractivity contribution in [3.05, 3.63) is 59.0 Å². The van der Waals surface area contributed by atoms with Gasteiger partial charge < -0.3 is 20.4 Å². The summed E-state index contributed by atoms with van der Waals surface area (Å²) in [6, 6.07) is 8.52. The zero-order chi connectivity index (χ0) is 22.4. The Morgan fingerprint density at radius 3 is 2.55 bits per heavy atom. The Labute approximate surface area is 185 Å². The van der Waals surface area contributed by atoms with Gasteiger partial charge in [-0.25, -0.2) is 9.97 Å². The van der Waals surface area contributed by atoms with Gasteiger partial charge in [-0.15, -0.1) is 0 Å². The van der Waals surface area contributed by atoms with Crippen LogP contribution in [0, 0.1) is 11.3 Å². The number of nitriles is 1. The van der Waals surface area contributed by atoms with Crippen LogP contribution in [0.5, 0.6) is 0 Å². The second-order valence-corrected chi connectivity index (χ2v) is 7.69. The van der Waals surface area contributed by atoms with Crippen molar-refractivity contribution >= 4 is 35.1 Å². The molecule has 10 heteroatoms. The highest BCUT2D eigenvalue weighted by Crippen LogP contribution is 2.18. The maximum atomic E-state index is 12.8. The van der Waals surface area contributed by atoms with E-state index in [1.807, 2.05) is 6.07 Å². The van der Waals surface area contributed by atoms with E-state index in [2.05, 4.69) is 20.6 Å². The summed E-state index contributed by atoms with van der Waals surface area (Å²) >= 11 is 5.79. The number of anilines is 2. The lowest BCUT2D eigenvalue weighted by atomic mass is 10.1. The Kier molecular flexibility index (Phi) is 7.05. The summed E-state index contributed by atoms with van der Waals surface area (Å²) in [5.74, 6) is -0.124. The van der Waals surface area contributed by atoms with Crippen molar-refractivity contribution in [2.75, 3.05) is 37.8 Å². The van der Waals surface area contributed by atoms with Crippen molar-refractivity contribution in [1.29, 1.82) is 5.26 Å². The number of aromatic nitrogens is 2. The average molecular weight is 440 g/mol. The van der Waals surface area contributed by atoms with Gasteiger partial charge in [-0.2, -0.15) is 5.26 Å². The lowest BCUT2D eigenvalue weighted by Crippen LogP contribution is -2.31. The fourth-order valence-corrected chi connectivity index (χ4v) is 3.20. The van der Waals surface area contributed by atoms with Crippen molar-refractivity contribution in [2.24, 2.45) is 0 Å². The van der Waals surface area contributed by atoms with Crippen molar-refractivity contribution < 1.29 is 9.59 Å². The van der Waals surface area contributed by atoms with Crippen LogP contribution in [0.3, 0.4) is 0 Å². The zero-order valence-corrected chi connectivity index (χ0v) is 17.9. The van der Waals surface area contributed by atoms with Gasteiger partial charge in [0.2, 0.25) is 5.95 Å². The van der Waals surface area contributed by atoms with Gasteiger partial charge in [0, 0.05) is 50.7 Å². The molecule has 9 nitrogen and oxygen atoms in total. The van der Waals surface area contributed by atoms with Crippen LogP contribution >= 0.6 is 11.6 Å². The lowest BCUT2D eigenvalue weighted by Gasteiger charge is -2.17. The number of benzene rings is 1. The maximum absolute atomic E-state index is 12.8. The molecule has 1 aliphatic heterocycles. The lowest BCUT2D eigenvalue weighted by molar-refractivity contribution is -0.112. The number of hydrogen-bond acceptors (Lipinski definition) is 7. The highest BCUT2D eigenvalue weighted by atomic mass is 35.5. The normalized spacial score (nSPS) is 15.9. The summed E-state index contributed by atoms with van der Waals surface area (Å²) in [5.41, 5.74) is 1.01. The molecule has 0 unspecified atom stereocenters. The van der Waals surface area contributed by atoms with E-state index in [4.69, 9.17) is 16.9 Å². The van der Waals surface area contributed by atoms with Gasteiger partial charge in [-0.1, -0.05) is 11.6 Å². The first-order valence-corrected chi connectivity index (χ1v) is 9.96. The summed E-state index contributed by atoms with van der Waals surface area (Å²) in [6.45, 7) is 1.15. The second-order valence-electron chi connectivity index (χ2n) is 7.26. The number of likely N-dealkylation sites (tertiary alicyclic amines) is 1. The molecule has 1 aliphatic rings. The minimum absolute atomic E-state index is 0.00886. The quantitative estimate of drug-likeness (QED) is 0.524. The van der Waals surface area contributed by atoms with E-state index in [-0.39, 0.29) is 17.5 Å². The first kappa shape index (κ1) is 22.1. The molecule has 0 saturated carbocycles. The van der Waals surface area contributed by atoms with Crippen LogP contribution in [0.15, 0.2) is 48.4 Å². The van der Waals surface area contributed by atoms with Crippen LogP contribution in [-0.4, -0.2) is 64.8 Å². The van der Waals surface area contributed by atoms with Gasteiger partial charge in [0.15, 0.2) is 0 Å². The molecular formula is C21H22ClN7O2. The first-order valence-electron chi connectivity index (χ1n) is 9.59. The number of halogens is 1. The van der Waals surface area contributed by atoms with Crippen LogP contribution < -0.4 is 10.6 Å². The van der Waals surface area contributed by atoms with E-state index in [9.17, 15) is 9.59 Å². The van der Waals surface area contributed by atoms with Crippen molar-refractivity contribution in [3.63, 3.8) is 0 Å². The van der Waals surface area contributed by atoms with E-state index in [0.29, 0.717) is 35.3 Å².